The highest BCUT2D eigenvalue weighted by molar-refractivity contribution is 5.79. The Morgan fingerprint density at radius 1 is 1.33 bits per heavy atom. The summed E-state index contributed by atoms with van der Waals surface area (Å²) in [6, 6.07) is 5.88. The second-order valence-electron chi connectivity index (χ2n) is 4.81. The Morgan fingerprint density at radius 3 is 2.90 bits per heavy atom. The number of pyridine rings is 1. The normalized spacial score (nSPS) is 11.4. The first kappa shape index (κ1) is 15.0. The average Bonchev–Trinajstić information content (AvgIpc) is 2.93. The molecule has 0 bridgehead atoms. The van der Waals surface area contributed by atoms with Crippen LogP contribution in [0.2, 0.25) is 0 Å². The summed E-state index contributed by atoms with van der Waals surface area (Å²) >= 11 is 0. The van der Waals surface area contributed by atoms with Crippen molar-refractivity contribution in [2.45, 2.75) is 26.4 Å². The van der Waals surface area contributed by atoms with Gasteiger partial charge in [0.05, 0.1) is 18.4 Å². The first-order chi connectivity index (χ1) is 10.3. The molecule has 0 aromatic carbocycles. The minimum Gasteiger partial charge on any atom is -0.356 e. The Kier molecular flexibility index (Phi) is 5.75. The highest BCUT2D eigenvalue weighted by atomic mass is 15.3. The maximum atomic E-state index is 4.27. The van der Waals surface area contributed by atoms with Crippen LogP contribution >= 0.6 is 0 Å². The molecule has 0 aliphatic rings. The van der Waals surface area contributed by atoms with Crippen molar-refractivity contribution in [2.24, 2.45) is 4.99 Å². The van der Waals surface area contributed by atoms with Gasteiger partial charge in [0.1, 0.15) is 0 Å². The zero-order valence-electron chi connectivity index (χ0n) is 12.6. The van der Waals surface area contributed by atoms with E-state index >= 15 is 0 Å². The molecule has 2 N–H and O–H groups in total. The van der Waals surface area contributed by atoms with Gasteiger partial charge in [-0.05, 0) is 31.0 Å². The van der Waals surface area contributed by atoms with Gasteiger partial charge in [-0.3, -0.25) is 14.7 Å². The van der Waals surface area contributed by atoms with E-state index in [1.54, 1.807) is 13.2 Å². The maximum Gasteiger partial charge on any atom is 0.191 e. The predicted octanol–water partition coefficient (Wildman–Crippen LogP) is 1.34. The van der Waals surface area contributed by atoms with Gasteiger partial charge in [0, 0.05) is 32.5 Å². The van der Waals surface area contributed by atoms with Crippen molar-refractivity contribution in [3.63, 3.8) is 0 Å². The molecule has 0 aliphatic carbocycles. The molecule has 0 saturated carbocycles. The summed E-state index contributed by atoms with van der Waals surface area (Å²) in [5.41, 5.74) is 2.18. The number of aryl methyl sites for hydroxylation is 2. The lowest BCUT2D eigenvalue weighted by molar-refractivity contribution is 0.570. The van der Waals surface area contributed by atoms with Crippen LogP contribution in [0.5, 0.6) is 0 Å². The molecule has 6 nitrogen and oxygen atoms in total. The molecule has 2 rings (SSSR count). The maximum absolute atomic E-state index is 4.27. The first-order valence-corrected chi connectivity index (χ1v) is 7.11. The molecule has 112 valence electrons. The fourth-order valence-electron chi connectivity index (χ4n) is 1.93. The van der Waals surface area contributed by atoms with Gasteiger partial charge in [-0.1, -0.05) is 6.07 Å². The molecule has 0 aliphatic heterocycles. The smallest absolute Gasteiger partial charge is 0.191 e. The van der Waals surface area contributed by atoms with Gasteiger partial charge in [-0.25, -0.2) is 0 Å². The van der Waals surface area contributed by atoms with Gasteiger partial charge >= 0.3 is 0 Å². The Balaban J connectivity index is 1.66. The molecule has 2 aromatic rings. The molecule has 0 fully saturated rings. The number of nitrogens with one attached hydrogen (secondary N) is 2. The summed E-state index contributed by atoms with van der Waals surface area (Å²) in [6.45, 7) is 4.46. The summed E-state index contributed by atoms with van der Waals surface area (Å²) in [6.07, 6.45) is 6.71. The Morgan fingerprint density at radius 2 is 2.24 bits per heavy atom. The third kappa shape index (κ3) is 5.25. The van der Waals surface area contributed by atoms with Gasteiger partial charge in [-0.2, -0.15) is 5.10 Å². The van der Waals surface area contributed by atoms with Gasteiger partial charge < -0.3 is 10.6 Å². The lowest BCUT2D eigenvalue weighted by Gasteiger charge is -2.11. The van der Waals surface area contributed by atoms with Crippen molar-refractivity contribution in [3.05, 3.63) is 48.0 Å². The Hall–Kier alpha value is -2.37. The molecule has 21 heavy (non-hydrogen) atoms. The van der Waals surface area contributed by atoms with Crippen LogP contribution in [0.4, 0.5) is 0 Å². The third-order valence-corrected chi connectivity index (χ3v) is 3.01. The minimum atomic E-state index is 0.666. The summed E-state index contributed by atoms with van der Waals surface area (Å²) in [7, 11) is 1.77. The molecular weight excluding hydrogens is 264 g/mol. The van der Waals surface area contributed by atoms with E-state index in [2.05, 4.69) is 25.7 Å². The van der Waals surface area contributed by atoms with Crippen molar-refractivity contribution in [3.8, 4) is 0 Å². The van der Waals surface area contributed by atoms with Crippen molar-refractivity contribution >= 4 is 5.96 Å². The van der Waals surface area contributed by atoms with Crippen LogP contribution in [0.25, 0.3) is 0 Å². The lowest BCUT2D eigenvalue weighted by atomic mass is 10.3. The standard InChI is InChI=1S/C15H22N6/c1-13-10-20-21(12-13)9-5-8-18-15(16-2)19-11-14-6-3-4-7-17-14/h3-4,6-7,10,12H,5,8-9,11H2,1-2H3,(H2,16,18,19). The lowest BCUT2D eigenvalue weighted by Crippen LogP contribution is -2.37. The molecule has 2 heterocycles. The molecule has 0 spiro atoms. The van der Waals surface area contributed by atoms with E-state index in [9.17, 15) is 0 Å². The van der Waals surface area contributed by atoms with Crippen LogP contribution in [0.3, 0.4) is 0 Å². The minimum absolute atomic E-state index is 0.666. The number of nitrogens with zero attached hydrogens (tertiary/aromatic N) is 4. The second kappa shape index (κ2) is 8.04. The van der Waals surface area contributed by atoms with Crippen LogP contribution in [-0.4, -0.2) is 34.3 Å². The highest BCUT2D eigenvalue weighted by Gasteiger charge is 1.99. The van der Waals surface area contributed by atoms with Crippen LogP contribution in [0.1, 0.15) is 17.7 Å². The fourth-order valence-corrected chi connectivity index (χ4v) is 1.93. The van der Waals surface area contributed by atoms with Crippen LogP contribution in [-0.2, 0) is 13.1 Å². The van der Waals surface area contributed by atoms with Crippen LogP contribution in [0.15, 0.2) is 41.8 Å². The van der Waals surface area contributed by atoms with E-state index in [-0.39, 0.29) is 0 Å². The van der Waals surface area contributed by atoms with E-state index in [1.807, 2.05) is 42.2 Å². The van der Waals surface area contributed by atoms with E-state index in [1.165, 1.54) is 5.56 Å². The number of aromatic nitrogens is 3. The van der Waals surface area contributed by atoms with Crippen molar-refractivity contribution in [2.75, 3.05) is 13.6 Å². The zero-order chi connectivity index (χ0) is 14.9. The zero-order valence-corrected chi connectivity index (χ0v) is 12.6. The predicted molar refractivity (Wildman–Crippen MR) is 84.0 cm³/mol. The number of guanidine groups is 1. The molecule has 0 radical (unpaired) electrons. The second-order valence-corrected chi connectivity index (χ2v) is 4.81. The van der Waals surface area contributed by atoms with E-state index in [4.69, 9.17) is 0 Å². The number of hydrogen-bond donors (Lipinski definition) is 2. The largest absolute Gasteiger partial charge is 0.356 e. The number of rotatable bonds is 6. The Bertz CT molecular complexity index is 561. The first-order valence-electron chi connectivity index (χ1n) is 7.11. The average molecular weight is 286 g/mol. The molecule has 0 amide bonds. The molecule has 0 atom stereocenters. The topological polar surface area (TPSA) is 67.1 Å². The summed E-state index contributed by atoms with van der Waals surface area (Å²) in [5, 5.41) is 10.8. The Labute approximate surface area is 125 Å². The molecular formula is C15H22N6. The van der Waals surface area contributed by atoms with E-state index in [0.29, 0.717) is 6.54 Å². The third-order valence-electron chi connectivity index (χ3n) is 3.01. The fraction of sp³-hybridized carbons (Fsp3) is 0.400. The molecule has 6 heteroatoms. The van der Waals surface area contributed by atoms with Crippen molar-refractivity contribution < 1.29 is 0 Å². The monoisotopic (exact) mass is 286 g/mol. The van der Waals surface area contributed by atoms with Crippen molar-refractivity contribution in [1.82, 2.24) is 25.4 Å². The summed E-state index contributed by atoms with van der Waals surface area (Å²) < 4.78 is 1.96. The van der Waals surface area contributed by atoms with Crippen LogP contribution < -0.4 is 10.6 Å². The molecule has 2 aromatic heterocycles. The van der Waals surface area contributed by atoms with Gasteiger partial charge in [0.2, 0.25) is 0 Å². The molecule has 0 saturated heterocycles. The number of hydrogen-bond acceptors (Lipinski definition) is 3. The highest BCUT2D eigenvalue weighted by Crippen LogP contribution is 1.95. The summed E-state index contributed by atoms with van der Waals surface area (Å²) in [5.74, 6) is 0.789. The van der Waals surface area contributed by atoms with Crippen molar-refractivity contribution in [1.29, 1.82) is 0 Å². The molecule has 0 unspecified atom stereocenters. The van der Waals surface area contributed by atoms with Crippen LogP contribution in [0, 0.1) is 6.92 Å². The van der Waals surface area contributed by atoms with Gasteiger partial charge in [0.25, 0.3) is 0 Å². The summed E-state index contributed by atoms with van der Waals surface area (Å²) in [4.78, 5) is 8.46. The van der Waals surface area contributed by atoms with E-state index in [0.717, 1.165) is 31.2 Å². The number of aliphatic imine (C=N–C) groups is 1. The van der Waals surface area contributed by atoms with E-state index < -0.39 is 0 Å². The SMILES string of the molecule is CN=C(NCCCn1cc(C)cn1)NCc1ccccn1. The van der Waals surface area contributed by atoms with Gasteiger partial charge in [0.15, 0.2) is 5.96 Å². The van der Waals surface area contributed by atoms with Gasteiger partial charge in [-0.15, -0.1) is 0 Å². The quantitative estimate of drug-likeness (QED) is 0.478.